The largest absolute Gasteiger partial charge is 0.389 e. The van der Waals surface area contributed by atoms with Gasteiger partial charge in [-0.15, -0.1) is 12.4 Å². The highest BCUT2D eigenvalue weighted by Gasteiger charge is 2.07. The summed E-state index contributed by atoms with van der Waals surface area (Å²) < 4.78 is 0. The van der Waals surface area contributed by atoms with Crippen LogP contribution in [0.15, 0.2) is 4.99 Å². The van der Waals surface area contributed by atoms with Gasteiger partial charge in [-0.2, -0.15) is 0 Å². The van der Waals surface area contributed by atoms with E-state index in [0.717, 1.165) is 0 Å². The molecule has 1 aliphatic rings. The van der Waals surface area contributed by atoms with Gasteiger partial charge in [0.1, 0.15) is 0 Å². The van der Waals surface area contributed by atoms with Crippen molar-refractivity contribution in [2.75, 3.05) is 13.1 Å². The molecule has 1 atom stereocenters. The summed E-state index contributed by atoms with van der Waals surface area (Å²) in [4.78, 5) is 3.74. The highest BCUT2D eigenvalue weighted by molar-refractivity contribution is 5.85. The number of aliphatic hydroxyl groups is 1. The summed E-state index contributed by atoms with van der Waals surface area (Å²) in [5.41, 5.74) is 5.22. The Hall–Kier alpha value is -0.480. The van der Waals surface area contributed by atoms with E-state index in [1.165, 1.54) is 0 Å². The lowest BCUT2D eigenvalue weighted by Gasteiger charge is -2.15. The summed E-state index contributed by atoms with van der Waals surface area (Å²) in [6, 6.07) is 0. The van der Waals surface area contributed by atoms with Crippen LogP contribution in [0.1, 0.15) is 0 Å². The number of β-amino-alcohol motifs (C(OH)–C–C–N with tert-alkyl or cyclic N) is 1. The van der Waals surface area contributed by atoms with Crippen molar-refractivity contribution in [3.63, 3.8) is 0 Å². The molecule has 0 aromatic rings. The van der Waals surface area contributed by atoms with Gasteiger partial charge in [-0.05, 0) is 0 Å². The molecule has 0 bridgehead atoms. The maximum absolute atomic E-state index is 8.80. The van der Waals surface area contributed by atoms with Gasteiger partial charge in [-0.25, -0.2) is 0 Å². The minimum absolute atomic E-state index is 0. The molecular formula is C4H10ClN3O. The number of nitrogens with zero attached hydrogens (tertiary/aromatic N) is 1. The number of guanidine groups is 1. The van der Waals surface area contributed by atoms with E-state index < -0.39 is 0 Å². The van der Waals surface area contributed by atoms with Crippen LogP contribution < -0.4 is 11.1 Å². The monoisotopic (exact) mass is 151 g/mol. The van der Waals surface area contributed by atoms with Crippen molar-refractivity contribution in [2.45, 2.75) is 6.10 Å². The van der Waals surface area contributed by atoms with Gasteiger partial charge in [0.05, 0.1) is 12.6 Å². The number of aliphatic hydroxyl groups excluding tert-OH is 1. The van der Waals surface area contributed by atoms with E-state index in [1.54, 1.807) is 0 Å². The minimum atomic E-state index is -0.359. The van der Waals surface area contributed by atoms with Crippen molar-refractivity contribution in [3.05, 3.63) is 0 Å². The van der Waals surface area contributed by atoms with Crippen molar-refractivity contribution in [1.82, 2.24) is 5.32 Å². The molecule has 0 saturated heterocycles. The third-order valence-corrected chi connectivity index (χ3v) is 0.991. The van der Waals surface area contributed by atoms with Crippen LogP contribution in [0.3, 0.4) is 0 Å². The predicted molar refractivity (Wildman–Crippen MR) is 37.7 cm³/mol. The molecule has 0 amide bonds. The Balaban J connectivity index is 0.000000640. The normalized spacial score (nSPS) is 25.4. The zero-order chi connectivity index (χ0) is 5.98. The Kier molecular flexibility index (Phi) is 3.34. The van der Waals surface area contributed by atoms with Crippen molar-refractivity contribution in [2.24, 2.45) is 10.7 Å². The first kappa shape index (κ1) is 8.52. The second-order valence-electron chi connectivity index (χ2n) is 1.76. The molecule has 0 radical (unpaired) electrons. The van der Waals surface area contributed by atoms with Gasteiger partial charge in [0.2, 0.25) is 0 Å². The molecule has 0 aromatic carbocycles. The second-order valence-corrected chi connectivity index (χ2v) is 1.76. The molecule has 1 aliphatic heterocycles. The van der Waals surface area contributed by atoms with Crippen molar-refractivity contribution in [1.29, 1.82) is 0 Å². The molecule has 0 saturated carbocycles. The summed E-state index contributed by atoms with van der Waals surface area (Å²) >= 11 is 0. The molecule has 0 aliphatic carbocycles. The van der Waals surface area contributed by atoms with Crippen LogP contribution in [0.5, 0.6) is 0 Å². The summed E-state index contributed by atoms with van der Waals surface area (Å²) in [5, 5.41) is 11.5. The fourth-order valence-electron chi connectivity index (χ4n) is 0.547. The number of nitrogens with two attached hydrogens (primary N) is 1. The average Bonchev–Trinajstić information content (AvgIpc) is 1.77. The first-order valence-corrected chi connectivity index (χ1v) is 2.51. The lowest BCUT2D eigenvalue weighted by Crippen LogP contribution is -2.43. The zero-order valence-electron chi connectivity index (χ0n) is 4.87. The number of aliphatic imine (C=N–C) groups is 1. The Bertz CT molecular complexity index is 116. The summed E-state index contributed by atoms with van der Waals surface area (Å²) in [7, 11) is 0. The third kappa shape index (κ3) is 2.53. The van der Waals surface area contributed by atoms with Crippen molar-refractivity contribution < 1.29 is 5.11 Å². The topological polar surface area (TPSA) is 70.6 Å². The van der Waals surface area contributed by atoms with E-state index in [1.807, 2.05) is 0 Å². The van der Waals surface area contributed by atoms with Crippen LogP contribution in [0.4, 0.5) is 0 Å². The van der Waals surface area contributed by atoms with E-state index in [2.05, 4.69) is 10.3 Å². The first-order chi connectivity index (χ1) is 3.79. The van der Waals surface area contributed by atoms with Gasteiger partial charge in [-0.1, -0.05) is 0 Å². The molecule has 1 rings (SSSR count). The molecule has 5 heteroatoms. The molecule has 1 heterocycles. The van der Waals surface area contributed by atoms with Crippen molar-refractivity contribution >= 4 is 18.4 Å². The molecule has 0 fully saturated rings. The number of hydrogen-bond acceptors (Lipinski definition) is 4. The molecule has 0 spiro atoms. The fourth-order valence-corrected chi connectivity index (χ4v) is 0.547. The van der Waals surface area contributed by atoms with E-state index >= 15 is 0 Å². The summed E-state index contributed by atoms with van der Waals surface area (Å²) in [5.74, 6) is 0.426. The fraction of sp³-hybridized carbons (Fsp3) is 0.750. The number of rotatable bonds is 0. The Morgan fingerprint density at radius 3 is 2.78 bits per heavy atom. The van der Waals surface area contributed by atoms with Crippen LogP contribution in [0.2, 0.25) is 0 Å². The first-order valence-electron chi connectivity index (χ1n) is 2.51. The summed E-state index contributed by atoms with van der Waals surface area (Å²) in [6.07, 6.45) is -0.359. The lowest BCUT2D eigenvalue weighted by atomic mass is 10.3. The van der Waals surface area contributed by atoms with Crippen LogP contribution >= 0.6 is 12.4 Å². The maximum Gasteiger partial charge on any atom is 0.188 e. The van der Waals surface area contributed by atoms with Gasteiger partial charge in [0.15, 0.2) is 5.96 Å². The van der Waals surface area contributed by atoms with E-state index in [9.17, 15) is 0 Å². The number of nitrogens with one attached hydrogen (secondary N) is 1. The van der Waals surface area contributed by atoms with Crippen LogP contribution in [0.25, 0.3) is 0 Å². The van der Waals surface area contributed by atoms with Gasteiger partial charge >= 0.3 is 0 Å². The molecule has 4 nitrogen and oxygen atoms in total. The smallest absolute Gasteiger partial charge is 0.188 e. The van der Waals surface area contributed by atoms with E-state index in [-0.39, 0.29) is 18.5 Å². The molecule has 9 heavy (non-hydrogen) atoms. The van der Waals surface area contributed by atoms with Crippen LogP contribution in [0, 0.1) is 0 Å². The van der Waals surface area contributed by atoms with E-state index in [4.69, 9.17) is 10.8 Å². The number of halogens is 1. The Morgan fingerprint density at radius 1 is 1.78 bits per heavy atom. The van der Waals surface area contributed by atoms with Crippen LogP contribution in [-0.2, 0) is 0 Å². The molecule has 4 N–H and O–H groups in total. The van der Waals surface area contributed by atoms with E-state index in [0.29, 0.717) is 19.0 Å². The Morgan fingerprint density at radius 2 is 2.44 bits per heavy atom. The third-order valence-electron chi connectivity index (χ3n) is 0.991. The number of hydrogen-bond donors (Lipinski definition) is 3. The minimum Gasteiger partial charge on any atom is -0.389 e. The van der Waals surface area contributed by atoms with Gasteiger partial charge in [-0.3, -0.25) is 4.99 Å². The predicted octanol–water partition coefficient (Wildman–Crippen LogP) is -1.31. The standard InChI is InChI=1S/C4H9N3O.ClH/c5-4-6-1-3(8)2-7-4;/h3,8H,1-2H2,(H3,5,6,7);1H. The molecule has 54 valence electrons. The highest BCUT2D eigenvalue weighted by atomic mass is 35.5. The SMILES string of the molecule is Cl.NC1=NCC(O)CN1. The van der Waals surface area contributed by atoms with Gasteiger partial charge in [0.25, 0.3) is 0 Å². The quantitative estimate of drug-likeness (QED) is 0.403. The van der Waals surface area contributed by atoms with Gasteiger partial charge in [0, 0.05) is 6.54 Å². The molecule has 0 aromatic heterocycles. The zero-order valence-corrected chi connectivity index (χ0v) is 5.69. The molecule has 1 unspecified atom stereocenters. The molecular weight excluding hydrogens is 142 g/mol. The maximum atomic E-state index is 8.80. The highest BCUT2D eigenvalue weighted by Crippen LogP contribution is 1.86. The lowest BCUT2D eigenvalue weighted by molar-refractivity contribution is 0.181. The van der Waals surface area contributed by atoms with Gasteiger partial charge < -0.3 is 16.2 Å². The second kappa shape index (κ2) is 3.53. The average molecular weight is 152 g/mol. The van der Waals surface area contributed by atoms with Crippen molar-refractivity contribution in [3.8, 4) is 0 Å². The van der Waals surface area contributed by atoms with Crippen LogP contribution in [-0.4, -0.2) is 30.3 Å². The summed E-state index contributed by atoms with van der Waals surface area (Å²) in [6.45, 7) is 0.953. The Labute approximate surface area is 59.6 Å².